The lowest BCUT2D eigenvalue weighted by Crippen LogP contribution is -2.10. The van der Waals surface area contributed by atoms with Crippen molar-refractivity contribution in [3.05, 3.63) is 104 Å². The molecular formula is C41H34Cl2N6O4S2. The number of hydrogen-bond acceptors (Lipinski definition) is 8. The average Bonchev–Trinajstić information content (AvgIpc) is 3.93. The van der Waals surface area contributed by atoms with Crippen LogP contribution in [0, 0.1) is 0 Å². The van der Waals surface area contributed by atoms with Gasteiger partial charge in [-0.2, -0.15) is 0 Å². The molecule has 0 saturated heterocycles. The molecule has 2 amide bonds. The molecule has 55 heavy (non-hydrogen) atoms. The van der Waals surface area contributed by atoms with Crippen LogP contribution in [0.5, 0.6) is 0 Å². The van der Waals surface area contributed by atoms with Crippen LogP contribution in [0.4, 0.5) is 0 Å². The largest absolute Gasteiger partial charge is 0.462 e. The molecule has 4 aromatic carbocycles. The number of primary amides is 2. The fraction of sp³-hybridized carbons (Fsp3) is 0.195. The van der Waals surface area contributed by atoms with Crippen molar-refractivity contribution in [1.29, 1.82) is 0 Å². The number of nitrogens with two attached hydrogens (primary N) is 2. The number of unbranched alkanes of at least 4 members (excludes halogenated alkanes) is 1. The van der Waals surface area contributed by atoms with E-state index in [0.29, 0.717) is 73.4 Å². The highest BCUT2D eigenvalue weighted by molar-refractivity contribution is 7.21. The first kappa shape index (κ1) is 36.7. The lowest BCUT2D eigenvalue weighted by atomic mass is 10.1. The lowest BCUT2D eigenvalue weighted by molar-refractivity contribution is 0.0532. The van der Waals surface area contributed by atoms with Crippen LogP contribution < -0.4 is 11.5 Å². The van der Waals surface area contributed by atoms with E-state index in [1.54, 1.807) is 48.6 Å². The van der Waals surface area contributed by atoms with Crippen LogP contribution in [0.1, 0.15) is 62.0 Å². The Morgan fingerprint density at radius 3 is 1.73 bits per heavy atom. The van der Waals surface area contributed by atoms with Crippen LogP contribution in [-0.2, 0) is 24.2 Å². The summed E-state index contributed by atoms with van der Waals surface area (Å²) in [6, 6.07) is 22.0. The second-order valence-electron chi connectivity index (χ2n) is 13.0. The van der Waals surface area contributed by atoms with Gasteiger partial charge < -0.3 is 25.3 Å². The number of thiophene rings is 2. The molecule has 0 bridgehead atoms. The number of aryl methyl sites for hydroxylation is 3. The Bertz CT molecular complexity index is 2850. The number of ether oxygens (including phenoxy) is 1. The average molecular weight is 810 g/mol. The van der Waals surface area contributed by atoms with Gasteiger partial charge in [0.1, 0.15) is 16.5 Å². The van der Waals surface area contributed by atoms with Gasteiger partial charge in [-0.05, 0) is 86.8 Å². The number of carbonyl (C=O) groups excluding carboxylic acids is 3. The molecule has 8 rings (SSSR count). The molecule has 4 N–H and O–H groups in total. The van der Waals surface area contributed by atoms with Crippen molar-refractivity contribution in [2.24, 2.45) is 11.5 Å². The van der Waals surface area contributed by atoms with Crippen molar-refractivity contribution in [3.63, 3.8) is 0 Å². The van der Waals surface area contributed by atoms with Gasteiger partial charge in [-0.25, -0.2) is 14.8 Å². The van der Waals surface area contributed by atoms with Crippen LogP contribution in [0.15, 0.2) is 72.8 Å². The zero-order valence-electron chi connectivity index (χ0n) is 29.8. The van der Waals surface area contributed by atoms with Crippen molar-refractivity contribution in [2.75, 3.05) is 6.61 Å². The Labute approximate surface area is 333 Å². The van der Waals surface area contributed by atoms with Crippen molar-refractivity contribution in [2.45, 2.75) is 46.2 Å². The zero-order chi connectivity index (χ0) is 38.5. The van der Waals surface area contributed by atoms with E-state index in [4.69, 9.17) is 49.4 Å². The molecule has 0 fully saturated rings. The van der Waals surface area contributed by atoms with Gasteiger partial charge in [0.05, 0.1) is 39.3 Å². The third kappa shape index (κ3) is 6.42. The summed E-state index contributed by atoms with van der Waals surface area (Å²) in [4.78, 5) is 49.5. The summed E-state index contributed by atoms with van der Waals surface area (Å²) >= 11 is 16.7. The number of fused-ring (bicyclic) bond motifs is 4. The fourth-order valence-corrected chi connectivity index (χ4v) is 10.2. The van der Waals surface area contributed by atoms with Gasteiger partial charge in [0, 0.05) is 59.9 Å². The van der Waals surface area contributed by atoms with Crippen LogP contribution in [0.25, 0.3) is 65.0 Å². The maximum absolute atomic E-state index is 13.4. The van der Waals surface area contributed by atoms with Crippen molar-refractivity contribution in [3.8, 4) is 22.8 Å². The maximum atomic E-state index is 13.4. The molecule has 14 heteroatoms. The molecule has 10 nitrogen and oxygen atoms in total. The van der Waals surface area contributed by atoms with Gasteiger partial charge in [0.2, 0.25) is 11.8 Å². The molecule has 0 aliphatic carbocycles. The molecule has 4 heterocycles. The van der Waals surface area contributed by atoms with Crippen molar-refractivity contribution < 1.29 is 19.1 Å². The molecule has 0 unspecified atom stereocenters. The Hall–Kier alpha value is -5.27. The summed E-state index contributed by atoms with van der Waals surface area (Å²) < 4.78 is 11.7. The second-order valence-corrected chi connectivity index (χ2v) is 16.0. The summed E-state index contributed by atoms with van der Waals surface area (Å²) in [5, 5.41) is 2.81. The molecule has 8 aromatic rings. The van der Waals surface area contributed by atoms with E-state index in [1.165, 1.54) is 16.2 Å². The van der Waals surface area contributed by atoms with Gasteiger partial charge in [-0.1, -0.05) is 42.3 Å². The molecule has 0 aliphatic heterocycles. The monoisotopic (exact) mass is 808 g/mol. The highest BCUT2D eigenvalue weighted by atomic mass is 35.5. The lowest BCUT2D eigenvalue weighted by Gasteiger charge is -2.13. The Balaban J connectivity index is 1.22. The van der Waals surface area contributed by atoms with Gasteiger partial charge in [-0.3, -0.25) is 9.59 Å². The third-order valence-electron chi connectivity index (χ3n) is 9.71. The van der Waals surface area contributed by atoms with Crippen LogP contribution in [0.2, 0.25) is 10.0 Å². The Morgan fingerprint density at radius 2 is 1.22 bits per heavy atom. The number of nitrogens with zero attached hydrogens (tertiary/aromatic N) is 4. The van der Waals surface area contributed by atoms with Gasteiger partial charge in [-0.15, -0.1) is 22.7 Å². The third-order valence-corrected chi connectivity index (χ3v) is 12.8. The predicted molar refractivity (Wildman–Crippen MR) is 223 cm³/mol. The van der Waals surface area contributed by atoms with E-state index in [9.17, 15) is 14.4 Å². The maximum Gasteiger partial charge on any atom is 0.349 e. The standard InChI is InChI=1S/C41H34Cl2N6O4S2/c1-3-29-34(32-23(42)9-7-11-30(32)54-29)39-46-25-19-21(37(44)50)13-15-27(25)48(39)17-5-6-18-49-28-16-14-22(38(45)51)20-26(28)47-40(49)35-33-24(43)10-8-12-31(33)55-36(35)41(52)53-4-2/h7-16,19-20H,3-6,17-18H2,1-2H3,(H2,44,50)(H2,45,51). The summed E-state index contributed by atoms with van der Waals surface area (Å²) in [6.45, 7) is 5.22. The predicted octanol–water partition coefficient (Wildman–Crippen LogP) is 9.87. The minimum atomic E-state index is -0.563. The number of esters is 1. The number of rotatable bonds is 12. The summed E-state index contributed by atoms with van der Waals surface area (Å²) in [5.74, 6) is -0.227. The Morgan fingerprint density at radius 1 is 0.709 bits per heavy atom. The Kier molecular flexibility index (Phi) is 9.85. The van der Waals surface area contributed by atoms with Crippen LogP contribution in [-0.4, -0.2) is 43.5 Å². The van der Waals surface area contributed by atoms with E-state index in [1.807, 2.05) is 36.4 Å². The first-order valence-corrected chi connectivity index (χ1v) is 20.2. The normalized spacial score (nSPS) is 11.7. The number of imidazole rings is 2. The van der Waals surface area contributed by atoms with E-state index in [0.717, 1.165) is 50.0 Å². The van der Waals surface area contributed by atoms with E-state index in [2.05, 4.69) is 22.1 Å². The quantitative estimate of drug-likeness (QED) is 0.0928. The molecule has 0 spiro atoms. The first-order valence-electron chi connectivity index (χ1n) is 17.8. The molecule has 0 atom stereocenters. The number of halogens is 2. The van der Waals surface area contributed by atoms with Crippen molar-refractivity contribution in [1.82, 2.24) is 19.1 Å². The number of hydrogen-bond donors (Lipinski definition) is 2. The van der Waals surface area contributed by atoms with Gasteiger partial charge >= 0.3 is 5.97 Å². The van der Waals surface area contributed by atoms with Crippen LogP contribution >= 0.6 is 45.9 Å². The van der Waals surface area contributed by atoms with Crippen molar-refractivity contribution >= 4 is 106 Å². The zero-order valence-corrected chi connectivity index (χ0v) is 33.0. The van der Waals surface area contributed by atoms with E-state index in [-0.39, 0.29) is 6.61 Å². The van der Waals surface area contributed by atoms with Gasteiger partial charge in [0.15, 0.2) is 0 Å². The molecule has 0 radical (unpaired) electrons. The summed E-state index contributed by atoms with van der Waals surface area (Å²) in [7, 11) is 0. The minimum absolute atomic E-state index is 0.209. The molecule has 0 saturated carbocycles. The second kappa shape index (κ2) is 14.8. The van der Waals surface area contributed by atoms with Gasteiger partial charge in [0.25, 0.3) is 0 Å². The van der Waals surface area contributed by atoms with E-state index < -0.39 is 17.8 Å². The molecular weight excluding hydrogens is 776 g/mol. The molecule has 4 aromatic heterocycles. The topological polar surface area (TPSA) is 148 Å². The smallest absolute Gasteiger partial charge is 0.349 e. The number of benzene rings is 4. The first-order chi connectivity index (χ1) is 26.6. The molecule has 0 aliphatic rings. The minimum Gasteiger partial charge on any atom is -0.462 e. The summed E-state index contributed by atoms with van der Waals surface area (Å²) in [5.41, 5.74) is 16.5. The fourth-order valence-electron chi connectivity index (χ4n) is 7.24. The molecule has 278 valence electrons. The van der Waals surface area contributed by atoms with Crippen LogP contribution in [0.3, 0.4) is 0 Å². The van der Waals surface area contributed by atoms with E-state index >= 15 is 0 Å². The highest BCUT2D eigenvalue weighted by Gasteiger charge is 2.28. The number of carbonyl (C=O) groups is 3. The number of aromatic nitrogens is 4. The highest BCUT2D eigenvalue weighted by Crippen LogP contribution is 2.45. The number of amides is 2. The SMILES string of the molecule is CCOC(=O)c1sc2cccc(Cl)c2c1-c1nc2cc(C(N)=O)ccc2n1CCCCn1c(-c2c(CC)sc3cccc(Cl)c23)nc2cc(C(N)=O)ccc21. The summed E-state index contributed by atoms with van der Waals surface area (Å²) in [6.07, 6.45) is 2.22.